The summed E-state index contributed by atoms with van der Waals surface area (Å²) in [6.45, 7) is 6.93. The fraction of sp³-hybridized carbons (Fsp3) is 0.556. The molecule has 0 amide bonds. The molecule has 4 aliphatic rings. The molecule has 4 unspecified atom stereocenters. The Labute approximate surface area is 392 Å². The van der Waals surface area contributed by atoms with E-state index in [1.807, 2.05) is 43.3 Å². The lowest BCUT2D eigenvalue weighted by molar-refractivity contribution is 0.199. The van der Waals surface area contributed by atoms with E-state index in [4.69, 9.17) is 23.5 Å². The van der Waals surface area contributed by atoms with Gasteiger partial charge in [-0.25, -0.2) is 8.78 Å². The van der Waals surface area contributed by atoms with E-state index < -0.39 is 14.7 Å². The average molecular weight is 949 g/mol. The summed E-state index contributed by atoms with van der Waals surface area (Å²) < 4.78 is 82.0. The normalized spacial score (nSPS) is 23.5. The minimum absolute atomic E-state index is 0.132. The van der Waals surface area contributed by atoms with Gasteiger partial charge in [0, 0.05) is 25.7 Å². The number of hydrogen-bond acceptors (Lipinski definition) is 7. The smallest absolute Gasteiger partial charge is 0.200 e. The Bertz CT molecular complexity index is 2280. The molecule has 12 heteroatoms. The van der Waals surface area contributed by atoms with Crippen LogP contribution in [0.15, 0.2) is 84.9 Å². The Hall–Kier alpha value is -3.68. The molecule has 0 bridgehead atoms. The van der Waals surface area contributed by atoms with Gasteiger partial charge in [-0.15, -0.1) is 0 Å². The van der Waals surface area contributed by atoms with Gasteiger partial charge in [-0.3, -0.25) is 9.13 Å². The van der Waals surface area contributed by atoms with Gasteiger partial charge in [0.2, 0.25) is 7.37 Å². The van der Waals surface area contributed by atoms with Crippen LogP contribution in [-0.4, -0.2) is 64.6 Å². The summed E-state index contributed by atoms with van der Waals surface area (Å²) in [5.41, 5.74) is 3.86. The fourth-order valence-electron chi connectivity index (χ4n) is 10.4. The molecule has 1 N–H and O–H groups in total. The number of ether oxygens (including phenoxy) is 4. The summed E-state index contributed by atoms with van der Waals surface area (Å²) in [5, 5.41) is 0. The zero-order valence-corrected chi connectivity index (χ0v) is 41.5. The second-order valence-corrected chi connectivity index (χ2v) is 24.8. The fourth-order valence-corrected chi connectivity index (χ4v) is 13.5. The molecule has 4 aromatic carbocycles. The van der Waals surface area contributed by atoms with Gasteiger partial charge in [0.15, 0.2) is 7.37 Å². The van der Waals surface area contributed by atoms with Crippen LogP contribution in [0.2, 0.25) is 0 Å². The minimum Gasteiger partial charge on any atom is -0.497 e. The van der Waals surface area contributed by atoms with Crippen LogP contribution in [0.5, 0.6) is 23.0 Å². The van der Waals surface area contributed by atoms with Crippen LogP contribution in [0.3, 0.4) is 0 Å². The molecular formula is C54H72F2O8P2. The van der Waals surface area contributed by atoms with E-state index in [0.29, 0.717) is 67.3 Å². The van der Waals surface area contributed by atoms with E-state index in [1.54, 1.807) is 33.0 Å². The third kappa shape index (κ3) is 14.7. The van der Waals surface area contributed by atoms with Crippen molar-refractivity contribution >= 4 is 14.7 Å². The molecule has 4 saturated carbocycles. The molecule has 0 spiro atoms. The van der Waals surface area contributed by atoms with Crippen molar-refractivity contribution in [2.45, 2.75) is 108 Å². The Morgan fingerprint density at radius 3 is 1.38 bits per heavy atom. The van der Waals surface area contributed by atoms with E-state index in [9.17, 15) is 22.8 Å². The highest BCUT2D eigenvalue weighted by Gasteiger charge is 2.37. The van der Waals surface area contributed by atoms with Crippen molar-refractivity contribution in [1.82, 2.24) is 0 Å². The molecule has 4 aromatic rings. The molecule has 0 aliphatic heterocycles. The van der Waals surface area contributed by atoms with Crippen LogP contribution in [-0.2, 0) is 13.7 Å². The van der Waals surface area contributed by atoms with Crippen LogP contribution in [0, 0.1) is 35.3 Å². The van der Waals surface area contributed by atoms with Gasteiger partial charge in [0.25, 0.3) is 0 Å². The van der Waals surface area contributed by atoms with Crippen LogP contribution < -0.4 is 18.9 Å². The van der Waals surface area contributed by atoms with Gasteiger partial charge in [-0.2, -0.15) is 0 Å². The third-order valence-electron chi connectivity index (χ3n) is 14.4. The molecule has 0 radical (unpaired) electrons. The quantitative estimate of drug-likeness (QED) is 0.0875. The first kappa shape index (κ1) is 50.2. The van der Waals surface area contributed by atoms with Crippen molar-refractivity contribution in [2.75, 3.05) is 59.7 Å². The monoisotopic (exact) mass is 948 g/mol. The third-order valence-corrected chi connectivity index (χ3v) is 17.3. The molecule has 8 rings (SSSR count). The SMILES string of the molecule is CCOP(C)(=O)CC(c1cccc(OCC2CCC(c3cc(OC)ccc3F)CC2)c1)C1CC1.COc1ccc(F)c(C2CCC(COc3cccc(C(CP(C)(=O)O)C4CC4)c3)CC2)c1. The maximum absolute atomic E-state index is 14.4. The predicted octanol–water partition coefficient (Wildman–Crippen LogP) is 14.2. The van der Waals surface area contributed by atoms with E-state index >= 15 is 0 Å². The first-order valence-corrected chi connectivity index (χ1v) is 28.9. The second kappa shape index (κ2) is 23.1. The lowest BCUT2D eigenvalue weighted by Gasteiger charge is -2.29. The van der Waals surface area contributed by atoms with E-state index in [2.05, 4.69) is 24.3 Å². The topological polar surface area (TPSA) is 101 Å². The Morgan fingerprint density at radius 1 is 0.576 bits per heavy atom. The molecule has 0 aromatic heterocycles. The molecule has 360 valence electrons. The van der Waals surface area contributed by atoms with Crippen LogP contribution >= 0.6 is 14.7 Å². The van der Waals surface area contributed by atoms with Crippen LogP contribution in [0.1, 0.15) is 130 Å². The maximum Gasteiger partial charge on any atom is 0.200 e. The standard InChI is InChI=1S/C28H38FO4P.C26H34FO4P/c1-4-33-34(3,30)19-27(22-12-13-22)23-6-5-7-25(16-23)32-18-20-8-10-21(11-9-20)26-17-24(31-2)14-15-28(26)29;1-30-22-12-13-26(27)24(15-22)19-8-6-18(7-9-19)16-31-23-5-3-4-21(14-23)25(20-10-11-20)17-32(2,28)29/h5-7,14-17,20-22,27H,4,8-13,18-19H2,1-3H3;3-5,12-15,18-20,25H,6-11,16-17H2,1-2H3,(H,28,29). The largest absolute Gasteiger partial charge is 0.497 e. The van der Waals surface area contributed by atoms with Crippen LogP contribution in [0.4, 0.5) is 8.78 Å². The number of halogens is 2. The Balaban J connectivity index is 0.000000197. The highest BCUT2D eigenvalue weighted by atomic mass is 31.2. The number of hydrogen-bond donors (Lipinski definition) is 1. The molecular weight excluding hydrogens is 877 g/mol. The number of benzene rings is 4. The average Bonchev–Trinajstić information content (AvgIpc) is 4.26. The molecule has 4 aliphatic carbocycles. The predicted molar refractivity (Wildman–Crippen MR) is 261 cm³/mol. The first-order valence-electron chi connectivity index (χ1n) is 24.3. The molecule has 4 atom stereocenters. The number of methoxy groups -OCH3 is 2. The van der Waals surface area contributed by atoms with Gasteiger partial charge in [-0.1, -0.05) is 24.3 Å². The van der Waals surface area contributed by atoms with Crippen molar-refractivity contribution in [2.24, 2.45) is 23.7 Å². The molecule has 4 fully saturated rings. The first-order chi connectivity index (χ1) is 31.7. The second-order valence-electron chi connectivity index (χ2n) is 19.7. The van der Waals surface area contributed by atoms with Crippen molar-refractivity contribution in [3.63, 3.8) is 0 Å². The van der Waals surface area contributed by atoms with Gasteiger partial charge in [0.05, 0.1) is 34.0 Å². The zero-order valence-electron chi connectivity index (χ0n) is 39.7. The minimum atomic E-state index is -3.07. The van der Waals surface area contributed by atoms with Gasteiger partial charge >= 0.3 is 0 Å². The van der Waals surface area contributed by atoms with Crippen molar-refractivity contribution in [3.8, 4) is 23.0 Å². The molecule has 66 heavy (non-hydrogen) atoms. The summed E-state index contributed by atoms with van der Waals surface area (Å²) in [6.07, 6.45) is 13.5. The summed E-state index contributed by atoms with van der Waals surface area (Å²) in [5.74, 6) is 5.75. The van der Waals surface area contributed by atoms with Gasteiger partial charge in [-0.05, 0) is 214 Å². The van der Waals surface area contributed by atoms with Gasteiger partial charge < -0.3 is 28.4 Å². The number of rotatable bonds is 20. The highest BCUT2D eigenvalue weighted by Crippen LogP contribution is 2.54. The lowest BCUT2D eigenvalue weighted by atomic mass is 9.79. The molecule has 8 nitrogen and oxygen atoms in total. The summed E-state index contributed by atoms with van der Waals surface area (Å²) >= 11 is 0. The van der Waals surface area contributed by atoms with E-state index in [-0.39, 0.29) is 35.3 Å². The van der Waals surface area contributed by atoms with Crippen molar-refractivity contribution < 1.29 is 46.3 Å². The van der Waals surface area contributed by atoms with Crippen molar-refractivity contribution in [1.29, 1.82) is 0 Å². The Morgan fingerprint density at radius 2 is 1.00 bits per heavy atom. The summed E-state index contributed by atoms with van der Waals surface area (Å²) in [4.78, 5) is 9.91. The van der Waals surface area contributed by atoms with E-state index in [0.717, 1.165) is 92.4 Å². The molecule has 0 saturated heterocycles. The van der Waals surface area contributed by atoms with E-state index in [1.165, 1.54) is 37.2 Å². The molecule has 0 heterocycles. The summed E-state index contributed by atoms with van der Waals surface area (Å²) in [7, 11) is -2.44. The lowest BCUT2D eigenvalue weighted by Crippen LogP contribution is -2.20. The zero-order chi connectivity index (χ0) is 46.8. The maximum atomic E-state index is 14.4. The Kier molecular flexibility index (Phi) is 17.6. The van der Waals surface area contributed by atoms with Crippen LogP contribution in [0.25, 0.3) is 0 Å². The summed E-state index contributed by atoms with van der Waals surface area (Å²) in [6, 6.07) is 26.4. The highest BCUT2D eigenvalue weighted by molar-refractivity contribution is 7.58. The van der Waals surface area contributed by atoms with Crippen molar-refractivity contribution in [3.05, 3.63) is 119 Å². The van der Waals surface area contributed by atoms with Gasteiger partial charge in [0.1, 0.15) is 34.6 Å².